The molecule has 0 unspecified atom stereocenters. The zero-order chi connectivity index (χ0) is 22.8. The molecule has 5 heterocycles. The van der Waals surface area contributed by atoms with Crippen LogP contribution < -0.4 is 15.0 Å². The lowest BCUT2D eigenvalue weighted by atomic mass is 10.1. The Bertz CT molecular complexity index is 1120. The second-order valence-electron chi connectivity index (χ2n) is 8.48. The lowest BCUT2D eigenvalue weighted by Crippen LogP contribution is -2.44. The number of amides is 1. The van der Waals surface area contributed by atoms with Crippen molar-refractivity contribution in [3.8, 4) is 5.75 Å². The van der Waals surface area contributed by atoms with Crippen LogP contribution >= 0.6 is 0 Å². The fourth-order valence-corrected chi connectivity index (χ4v) is 3.95. The van der Waals surface area contributed by atoms with Crippen molar-refractivity contribution in [3.63, 3.8) is 0 Å². The Morgan fingerprint density at radius 2 is 2.06 bits per heavy atom. The Hall–Kier alpha value is -3.60. The van der Waals surface area contributed by atoms with Gasteiger partial charge in [-0.25, -0.2) is 9.67 Å². The molecule has 0 radical (unpaired) electrons. The van der Waals surface area contributed by atoms with Gasteiger partial charge in [-0.2, -0.15) is 5.10 Å². The molecule has 3 aromatic rings. The summed E-state index contributed by atoms with van der Waals surface area (Å²) in [5.74, 6) is 1.17. The first kappa shape index (κ1) is 21.3. The van der Waals surface area contributed by atoms with Gasteiger partial charge in [-0.1, -0.05) is 19.1 Å². The van der Waals surface area contributed by atoms with E-state index in [1.165, 1.54) is 0 Å². The number of nitrogens with one attached hydrogen (secondary N) is 1. The van der Waals surface area contributed by atoms with Crippen LogP contribution in [0.5, 0.6) is 5.75 Å². The smallest absolute Gasteiger partial charge is 0.274 e. The summed E-state index contributed by atoms with van der Waals surface area (Å²) in [7, 11) is 0. The normalized spacial score (nSPS) is 21.1. The Kier molecular flexibility index (Phi) is 5.86. The number of ether oxygens (including phenoxy) is 2. The summed E-state index contributed by atoms with van der Waals surface area (Å²) in [4.78, 5) is 19.4. The van der Waals surface area contributed by atoms with Crippen molar-refractivity contribution in [1.29, 1.82) is 0 Å². The molecule has 0 saturated carbocycles. The summed E-state index contributed by atoms with van der Waals surface area (Å²) in [6, 6.07) is 7.15. The molecule has 3 aromatic heterocycles. The van der Waals surface area contributed by atoms with Gasteiger partial charge in [-0.05, 0) is 30.2 Å². The average molecular weight is 451 g/mol. The fraction of sp³-hybridized carbons (Fsp3) is 0.455. The monoisotopic (exact) mass is 450 g/mol. The quantitative estimate of drug-likeness (QED) is 0.614. The summed E-state index contributed by atoms with van der Waals surface area (Å²) >= 11 is 0. The third-order valence-corrected chi connectivity index (χ3v) is 5.76. The summed E-state index contributed by atoms with van der Waals surface area (Å²) in [5.41, 5.74) is 1.90. The first-order valence-corrected chi connectivity index (χ1v) is 11.0. The first-order chi connectivity index (χ1) is 16.1. The van der Waals surface area contributed by atoms with Gasteiger partial charge in [-0.3, -0.25) is 4.79 Å². The van der Waals surface area contributed by atoms with Gasteiger partial charge >= 0.3 is 0 Å². The van der Waals surface area contributed by atoms with Crippen LogP contribution in [0.15, 0.2) is 36.7 Å². The number of aromatic nitrogens is 6. The summed E-state index contributed by atoms with van der Waals surface area (Å²) in [6.07, 6.45) is 3.15. The standard InChI is InChI=1S/C22H26N8O3/c1-14(2)16-5-6-20(27-26-16)29-11-17-19(12-29)33-13-15-10-30(28-25-15)8-9-32-18-4-3-7-23-21(18)22(31)24-17/h3-7,10,14,17,19H,8-9,11-13H2,1-2H3,(H,24,31)/t17-,19-/m0/s1. The zero-order valence-electron chi connectivity index (χ0n) is 18.6. The van der Waals surface area contributed by atoms with Crippen LogP contribution in [0.3, 0.4) is 0 Å². The highest BCUT2D eigenvalue weighted by molar-refractivity contribution is 5.95. The van der Waals surface area contributed by atoms with Gasteiger partial charge in [-0.15, -0.1) is 10.2 Å². The van der Waals surface area contributed by atoms with Crippen LogP contribution in [0.4, 0.5) is 5.82 Å². The molecule has 5 rings (SSSR count). The molecule has 0 spiro atoms. The molecule has 1 fully saturated rings. The van der Waals surface area contributed by atoms with Crippen LogP contribution in [0.1, 0.15) is 41.6 Å². The molecule has 2 atom stereocenters. The lowest BCUT2D eigenvalue weighted by molar-refractivity contribution is 0.0345. The highest BCUT2D eigenvalue weighted by Gasteiger charge is 2.36. The van der Waals surface area contributed by atoms with E-state index in [-0.39, 0.29) is 23.7 Å². The van der Waals surface area contributed by atoms with Gasteiger partial charge in [0.15, 0.2) is 17.3 Å². The van der Waals surface area contributed by atoms with E-state index < -0.39 is 0 Å². The molecule has 1 amide bonds. The van der Waals surface area contributed by atoms with E-state index in [9.17, 15) is 4.79 Å². The molecular weight excluding hydrogens is 424 g/mol. The third-order valence-electron chi connectivity index (χ3n) is 5.76. The van der Waals surface area contributed by atoms with E-state index in [1.807, 2.05) is 18.3 Å². The van der Waals surface area contributed by atoms with Gasteiger partial charge in [0, 0.05) is 19.3 Å². The van der Waals surface area contributed by atoms with E-state index in [4.69, 9.17) is 9.47 Å². The molecule has 0 aromatic carbocycles. The number of pyridine rings is 1. The van der Waals surface area contributed by atoms with Crippen molar-refractivity contribution in [1.82, 2.24) is 35.5 Å². The van der Waals surface area contributed by atoms with E-state index in [0.717, 1.165) is 17.2 Å². The zero-order valence-corrected chi connectivity index (χ0v) is 18.6. The minimum Gasteiger partial charge on any atom is -0.489 e. The maximum Gasteiger partial charge on any atom is 0.274 e. The summed E-state index contributed by atoms with van der Waals surface area (Å²) in [6.45, 7) is 6.37. The van der Waals surface area contributed by atoms with Gasteiger partial charge < -0.3 is 19.7 Å². The number of carbonyl (C=O) groups excluding carboxylic acids is 1. The first-order valence-electron chi connectivity index (χ1n) is 11.0. The molecule has 33 heavy (non-hydrogen) atoms. The number of carbonyl (C=O) groups is 1. The predicted octanol–water partition coefficient (Wildman–Crippen LogP) is 1.18. The van der Waals surface area contributed by atoms with Crippen molar-refractivity contribution >= 4 is 11.7 Å². The minimum atomic E-state index is -0.304. The highest BCUT2D eigenvalue weighted by atomic mass is 16.5. The molecule has 172 valence electrons. The molecule has 2 aliphatic rings. The molecule has 1 saturated heterocycles. The molecule has 2 aliphatic heterocycles. The van der Waals surface area contributed by atoms with E-state index in [1.54, 1.807) is 23.0 Å². The Morgan fingerprint density at radius 1 is 1.15 bits per heavy atom. The van der Waals surface area contributed by atoms with Crippen LogP contribution in [-0.4, -0.2) is 67.9 Å². The van der Waals surface area contributed by atoms with Crippen molar-refractivity contribution in [2.24, 2.45) is 0 Å². The van der Waals surface area contributed by atoms with Gasteiger partial charge in [0.05, 0.1) is 37.2 Å². The van der Waals surface area contributed by atoms with Crippen LogP contribution in [0, 0.1) is 0 Å². The maximum absolute atomic E-state index is 13.1. The maximum atomic E-state index is 13.1. The van der Waals surface area contributed by atoms with Crippen LogP contribution in [-0.2, 0) is 17.9 Å². The molecule has 1 N–H and O–H groups in total. The number of hydrogen-bond donors (Lipinski definition) is 1. The van der Waals surface area contributed by atoms with Crippen molar-refractivity contribution < 1.29 is 14.3 Å². The molecule has 0 aliphatic carbocycles. The predicted molar refractivity (Wildman–Crippen MR) is 118 cm³/mol. The molecule has 11 heteroatoms. The third kappa shape index (κ3) is 4.63. The lowest BCUT2D eigenvalue weighted by Gasteiger charge is -2.20. The van der Waals surface area contributed by atoms with E-state index in [0.29, 0.717) is 44.5 Å². The van der Waals surface area contributed by atoms with E-state index in [2.05, 4.69) is 49.6 Å². The average Bonchev–Trinajstić information content (AvgIpc) is 3.44. The van der Waals surface area contributed by atoms with Crippen molar-refractivity contribution in [2.75, 3.05) is 24.6 Å². The number of rotatable bonds is 2. The molecule has 2 bridgehead atoms. The number of fused-ring (bicyclic) bond motifs is 4. The Labute approximate surface area is 191 Å². The second kappa shape index (κ2) is 9.10. The van der Waals surface area contributed by atoms with Crippen LogP contribution in [0.2, 0.25) is 0 Å². The second-order valence-corrected chi connectivity index (χ2v) is 8.48. The SMILES string of the molecule is CC(C)c1ccc(N2C[C@@H]3NC(=O)c4ncccc4OCCn4cc(nn4)CO[C@H]3C2)nn1. The number of anilines is 1. The minimum absolute atomic E-state index is 0.243. The highest BCUT2D eigenvalue weighted by Crippen LogP contribution is 2.23. The van der Waals surface area contributed by atoms with Crippen LogP contribution in [0.25, 0.3) is 0 Å². The fourth-order valence-electron chi connectivity index (χ4n) is 3.95. The Morgan fingerprint density at radius 3 is 2.88 bits per heavy atom. The number of hydrogen-bond acceptors (Lipinski definition) is 9. The summed E-state index contributed by atoms with van der Waals surface area (Å²) in [5, 5.41) is 20.1. The largest absolute Gasteiger partial charge is 0.489 e. The number of nitrogens with zero attached hydrogens (tertiary/aromatic N) is 7. The van der Waals surface area contributed by atoms with Crippen molar-refractivity contribution in [2.45, 2.75) is 45.1 Å². The summed E-state index contributed by atoms with van der Waals surface area (Å²) < 4.78 is 13.7. The van der Waals surface area contributed by atoms with Gasteiger partial charge in [0.2, 0.25) is 0 Å². The van der Waals surface area contributed by atoms with E-state index >= 15 is 0 Å². The molecular formula is C22H26N8O3. The van der Waals surface area contributed by atoms with Crippen molar-refractivity contribution in [3.05, 3.63) is 53.7 Å². The Balaban J connectivity index is 1.41. The molecule has 11 nitrogen and oxygen atoms in total. The van der Waals surface area contributed by atoms with Gasteiger partial charge in [0.1, 0.15) is 12.3 Å². The topological polar surface area (TPSA) is 120 Å². The van der Waals surface area contributed by atoms with Gasteiger partial charge in [0.25, 0.3) is 5.91 Å².